The van der Waals surface area contributed by atoms with E-state index in [0.717, 1.165) is 6.42 Å². The number of hydrogen-bond acceptors (Lipinski definition) is 11. The standard InChI is InChI=1S/C40H57N7O9S/c1-23-12-10-11-13-25-21-40(25,35(50)44-57(53,54)39(6)16-17-39)43-32(48)30-20-27(22-46(30)34(49)31(24(2)18-23)47(37(51)52)38(3,4)5)56-33-28-15-14-26(55-9)19-29(28)41-36(42-33)45(7)8/h11,13-15,19,23-25,27,30-31H,10,12,16-18,20-22H2,1-9H3,(H,43,48)(H,44,50)(H,51,52)/b13-11-/t23-,24-,25-,27-,30+,31+,40-/m1/s1. The Hall–Kier alpha value is -4.67. The molecule has 0 spiro atoms. The summed E-state index contributed by atoms with van der Waals surface area (Å²) in [5.41, 5.74) is -2.01. The van der Waals surface area contributed by atoms with Crippen LogP contribution >= 0.6 is 0 Å². The van der Waals surface area contributed by atoms with Crippen LogP contribution in [0.15, 0.2) is 30.4 Å². The molecule has 3 heterocycles. The van der Waals surface area contributed by atoms with Gasteiger partial charge in [0.15, 0.2) is 0 Å². The number of amides is 4. The molecule has 2 aliphatic heterocycles. The maximum absolute atomic E-state index is 15.1. The zero-order chi connectivity index (χ0) is 41.8. The summed E-state index contributed by atoms with van der Waals surface area (Å²) in [6.07, 6.45) is 4.63. The number of carbonyl (C=O) groups is 4. The average Bonchev–Trinajstić information content (AvgIpc) is 4.00. The van der Waals surface area contributed by atoms with Gasteiger partial charge in [-0.1, -0.05) is 26.0 Å². The van der Waals surface area contributed by atoms with Crippen LogP contribution < -0.4 is 24.4 Å². The summed E-state index contributed by atoms with van der Waals surface area (Å²) in [6, 6.07) is 2.90. The van der Waals surface area contributed by atoms with E-state index in [-0.39, 0.29) is 31.2 Å². The second-order valence-corrected chi connectivity index (χ2v) is 20.0. The Morgan fingerprint density at radius 2 is 1.81 bits per heavy atom. The molecule has 0 bridgehead atoms. The van der Waals surface area contributed by atoms with Crippen LogP contribution in [-0.2, 0) is 24.4 Å². The van der Waals surface area contributed by atoms with Gasteiger partial charge in [-0.2, -0.15) is 4.98 Å². The Morgan fingerprint density at radius 3 is 2.42 bits per heavy atom. The third kappa shape index (κ3) is 8.35. The summed E-state index contributed by atoms with van der Waals surface area (Å²) in [7, 11) is 1.09. The minimum absolute atomic E-state index is 0.0226. The first-order valence-corrected chi connectivity index (χ1v) is 21.2. The molecule has 0 radical (unpaired) electrons. The van der Waals surface area contributed by atoms with Gasteiger partial charge in [-0.15, -0.1) is 0 Å². The molecule has 7 atom stereocenters. The minimum Gasteiger partial charge on any atom is -0.497 e. The lowest BCUT2D eigenvalue weighted by Crippen LogP contribution is -2.62. The predicted molar refractivity (Wildman–Crippen MR) is 213 cm³/mol. The molecule has 3 fully saturated rings. The van der Waals surface area contributed by atoms with Gasteiger partial charge in [-0.3, -0.25) is 24.0 Å². The summed E-state index contributed by atoms with van der Waals surface area (Å²) < 4.78 is 39.7. The van der Waals surface area contributed by atoms with E-state index in [4.69, 9.17) is 9.47 Å². The van der Waals surface area contributed by atoms with Crippen molar-refractivity contribution < 1.29 is 42.2 Å². The van der Waals surface area contributed by atoms with E-state index in [1.165, 1.54) is 9.80 Å². The van der Waals surface area contributed by atoms with Gasteiger partial charge in [0.2, 0.25) is 33.7 Å². The first kappa shape index (κ1) is 41.9. The maximum Gasteiger partial charge on any atom is 0.408 e. The Bertz CT molecular complexity index is 2060. The molecule has 17 heteroatoms. The number of benzene rings is 1. The summed E-state index contributed by atoms with van der Waals surface area (Å²) in [5, 5.41) is 14.1. The van der Waals surface area contributed by atoms with E-state index in [9.17, 15) is 27.9 Å². The number of allylic oxidation sites excluding steroid dienone is 1. The molecule has 0 unspecified atom stereocenters. The Morgan fingerprint density at radius 1 is 1.11 bits per heavy atom. The molecular weight excluding hydrogens is 755 g/mol. The van der Waals surface area contributed by atoms with Gasteiger partial charge in [-0.25, -0.2) is 18.2 Å². The molecule has 4 aliphatic rings. The van der Waals surface area contributed by atoms with Gasteiger partial charge in [0, 0.05) is 38.0 Å². The van der Waals surface area contributed by atoms with Crippen LogP contribution in [0.3, 0.4) is 0 Å². The van der Waals surface area contributed by atoms with Crippen molar-refractivity contribution in [1.29, 1.82) is 0 Å². The number of sulfonamides is 1. The van der Waals surface area contributed by atoms with Gasteiger partial charge in [-0.05, 0) is 90.2 Å². The van der Waals surface area contributed by atoms with Crippen LogP contribution in [0.1, 0.15) is 86.5 Å². The molecule has 2 aromatic rings. The lowest BCUT2D eigenvalue weighted by molar-refractivity contribution is -0.146. The number of ether oxygens (including phenoxy) is 2. The Balaban J connectivity index is 1.42. The van der Waals surface area contributed by atoms with E-state index >= 15 is 4.79 Å². The third-order valence-corrected chi connectivity index (χ3v) is 14.1. The molecule has 4 amide bonds. The van der Waals surface area contributed by atoms with Crippen LogP contribution in [0.5, 0.6) is 11.6 Å². The molecule has 6 rings (SSSR count). The molecule has 2 aliphatic carbocycles. The fourth-order valence-electron chi connectivity index (χ4n) is 8.21. The van der Waals surface area contributed by atoms with Crippen molar-refractivity contribution in [2.45, 2.75) is 121 Å². The maximum atomic E-state index is 15.1. The molecule has 1 aromatic heterocycles. The molecule has 1 aromatic carbocycles. The molecule has 16 nitrogen and oxygen atoms in total. The number of nitrogens with one attached hydrogen (secondary N) is 2. The topological polar surface area (TPSA) is 201 Å². The number of hydrogen-bond donors (Lipinski definition) is 3. The van der Waals surface area contributed by atoms with Crippen molar-refractivity contribution in [2.75, 3.05) is 32.6 Å². The highest BCUT2D eigenvalue weighted by Crippen LogP contribution is 2.48. The fourth-order valence-corrected chi connectivity index (χ4v) is 9.52. The van der Waals surface area contributed by atoms with Crippen molar-refractivity contribution in [3.05, 3.63) is 30.4 Å². The highest BCUT2D eigenvalue weighted by Gasteiger charge is 2.63. The van der Waals surface area contributed by atoms with E-state index in [0.29, 0.717) is 48.3 Å². The van der Waals surface area contributed by atoms with Gasteiger partial charge in [0.25, 0.3) is 5.91 Å². The van der Waals surface area contributed by atoms with Gasteiger partial charge in [0.05, 0.1) is 29.3 Å². The van der Waals surface area contributed by atoms with E-state index in [1.54, 1.807) is 72.0 Å². The second kappa shape index (κ2) is 15.3. The summed E-state index contributed by atoms with van der Waals surface area (Å²) in [4.78, 5) is 70.4. The molecule has 3 N–H and O–H groups in total. The first-order valence-electron chi connectivity index (χ1n) is 19.7. The fraction of sp³-hybridized carbons (Fsp3) is 0.650. The number of rotatable bonds is 8. The number of anilines is 1. The molecule has 2 saturated carbocycles. The van der Waals surface area contributed by atoms with Gasteiger partial charge >= 0.3 is 6.09 Å². The SMILES string of the molecule is COc1ccc2c(O[C@@H]3C[C@H]4C(=O)N[C@]5(C(=O)NS(=O)(=O)C6(C)CC6)C[C@H]5/C=C\CC[C@@H](C)C[C@@H](C)[C@H](N(C(=O)O)C(C)(C)C)C(=O)N4C3)nc(N(C)C)nc2c1. The first-order chi connectivity index (χ1) is 26.6. The Labute approximate surface area is 334 Å². The van der Waals surface area contributed by atoms with E-state index in [2.05, 4.69) is 26.9 Å². The number of carboxylic acid groups (broad SMARTS) is 1. The van der Waals surface area contributed by atoms with E-state index < -0.39 is 79.7 Å². The smallest absolute Gasteiger partial charge is 0.408 e. The van der Waals surface area contributed by atoms with Crippen LogP contribution in [-0.4, -0.2) is 119 Å². The predicted octanol–water partition coefficient (Wildman–Crippen LogP) is 4.09. The lowest BCUT2D eigenvalue weighted by Gasteiger charge is -2.43. The van der Waals surface area contributed by atoms with Crippen LogP contribution in [0, 0.1) is 17.8 Å². The third-order valence-electron chi connectivity index (χ3n) is 11.9. The highest BCUT2D eigenvalue weighted by molar-refractivity contribution is 7.91. The molecule has 1 saturated heterocycles. The van der Waals surface area contributed by atoms with Crippen LogP contribution in [0.25, 0.3) is 10.9 Å². The summed E-state index contributed by atoms with van der Waals surface area (Å²) >= 11 is 0. The highest BCUT2D eigenvalue weighted by atomic mass is 32.2. The minimum atomic E-state index is -4.03. The number of aromatic nitrogens is 2. The molecule has 312 valence electrons. The number of methoxy groups -OCH3 is 1. The largest absolute Gasteiger partial charge is 0.497 e. The normalized spacial score (nSPS) is 29.5. The molecule has 57 heavy (non-hydrogen) atoms. The van der Waals surface area contributed by atoms with Crippen molar-refractivity contribution in [3.8, 4) is 11.6 Å². The number of nitrogens with zero attached hydrogens (tertiary/aromatic N) is 5. The van der Waals surface area contributed by atoms with E-state index in [1.807, 2.05) is 19.1 Å². The van der Waals surface area contributed by atoms with Crippen molar-refractivity contribution >= 4 is 50.7 Å². The molecular formula is C40H57N7O9S. The monoisotopic (exact) mass is 811 g/mol. The zero-order valence-corrected chi connectivity index (χ0v) is 35.2. The zero-order valence-electron chi connectivity index (χ0n) is 34.4. The number of fused-ring (bicyclic) bond motifs is 3. The van der Waals surface area contributed by atoms with Crippen molar-refractivity contribution in [2.24, 2.45) is 17.8 Å². The van der Waals surface area contributed by atoms with Crippen LogP contribution in [0.2, 0.25) is 0 Å². The van der Waals surface area contributed by atoms with Gasteiger partial charge in [0.1, 0.15) is 29.5 Å². The second-order valence-electron chi connectivity index (χ2n) is 17.8. The Kier molecular flexibility index (Phi) is 11.2. The number of carbonyl (C=O) groups excluding carboxylic acids is 3. The lowest BCUT2D eigenvalue weighted by atomic mass is 9.85. The van der Waals surface area contributed by atoms with Crippen molar-refractivity contribution in [1.82, 2.24) is 29.8 Å². The summed E-state index contributed by atoms with van der Waals surface area (Å²) in [5.74, 6) is -1.74. The van der Waals surface area contributed by atoms with Crippen LogP contribution in [0.4, 0.5) is 10.7 Å². The van der Waals surface area contributed by atoms with Gasteiger partial charge < -0.3 is 29.7 Å². The van der Waals surface area contributed by atoms with Crippen molar-refractivity contribution in [3.63, 3.8) is 0 Å². The average molecular weight is 812 g/mol. The quantitative estimate of drug-likeness (QED) is 0.323. The summed E-state index contributed by atoms with van der Waals surface area (Å²) in [6.45, 7) is 10.6.